The van der Waals surface area contributed by atoms with Crippen molar-refractivity contribution in [2.45, 2.75) is 32.6 Å². The summed E-state index contributed by atoms with van der Waals surface area (Å²) in [6.45, 7) is 2.74. The molecule has 0 heterocycles. The van der Waals surface area contributed by atoms with Crippen molar-refractivity contribution in [3.8, 4) is 0 Å². The SMILES string of the molecule is CCC(CCN)CCC(=O)Nc1ccc(F)cc1Cl. The van der Waals surface area contributed by atoms with E-state index in [0.29, 0.717) is 24.6 Å². The zero-order valence-corrected chi connectivity index (χ0v) is 11.8. The van der Waals surface area contributed by atoms with Gasteiger partial charge in [0.15, 0.2) is 0 Å². The van der Waals surface area contributed by atoms with Crippen LogP contribution in [0.4, 0.5) is 10.1 Å². The number of rotatable bonds is 7. The normalized spacial score (nSPS) is 12.2. The van der Waals surface area contributed by atoms with Gasteiger partial charge >= 0.3 is 0 Å². The first-order valence-electron chi connectivity index (χ1n) is 6.51. The van der Waals surface area contributed by atoms with Crippen molar-refractivity contribution in [3.05, 3.63) is 29.0 Å². The molecule has 1 aromatic rings. The summed E-state index contributed by atoms with van der Waals surface area (Å²) in [6, 6.07) is 3.91. The second-order valence-electron chi connectivity index (χ2n) is 4.56. The third kappa shape index (κ3) is 5.57. The van der Waals surface area contributed by atoms with Crippen LogP contribution in [0.3, 0.4) is 0 Å². The first-order chi connectivity index (χ1) is 9.06. The molecule has 1 atom stereocenters. The summed E-state index contributed by atoms with van der Waals surface area (Å²) in [5.41, 5.74) is 5.96. The van der Waals surface area contributed by atoms with Crippen molar-refractivity contribution < 1.29 is 9.18 Å². The van der Waals surface area contributed by atoms with Crippen LogP contribution >= 0.6 is 11.6 Å². The lowest BCUT2D eigenvalue weighted by atomic mass is 9.96. The van der Waals surface area contributed by atoms with E-state index in [1.54, 1.807) is 0 Å². The van der Waals surface area contributed by atoms with Crippen molar-refractivity contribution in [3.63, 3.8) is 0 Å². The Morgan fingerprint density at radius 1 is 1.47 bits per heavy atom. The molecule has 0 aliphatic heterocycles. The molecule has 0 saturated carbocycles. The molecule has 0 bridgehead atoms. The number of hydrogen-bond acceptors (Lipinski definition) is 2. The number of carbonyl (C=O) groups is 1. The summed E-state index contributed by atoms with van der Waals surface area (Å²) in [5.74, 6) is -0.0552. The summed E-state index contributed by atoms with van der Waals surface area (Å²) in [5, 5.41) is 2.90. The van der Waals surface area contributed by atoms with E-state index in [-0.39, 0.29) is 10.9 Å². The van der Waals surface area contributed by atoms with Crippen LogP contribution in [-0.2, 0) is 4.79 Å². The fourth-order valence-corrected chi connectivity index (χ4v) is 2.14. The minimum Gasteiger partial charge on any atom is -0.330 e. The molecule has 1 aromatic carbocycles. The number of nitrogens with one attached hydrogen (secondary N) is 1. The van der Waals surface area contributed by atoms with Crippen LogP contribution in [0.2, 0.25) is 5.02 Å². The van der Waals surface area contributed by atoms with Crippen LogP contribution in [0.1, 0.15) is 32.6 Å². The first-order valence-corrected chi connectivity index (χ1v) is 6.89. The van der Waals surface area contributed by atoms with Gasteiger partial charge in [-0.25, -0.2) is 4.39 Å². The molecule has 3 nitrogen and oxygen atoms in total. The van der Waals surface area contributed by atoms with E-state index in [4.69, 9.17) is 17.3 Å². The van der Waals surface area contributed by atoms with Gasteiger partial charge < -0.3 is 11.1 Å². The average Bonchev–Trinajstić information content (AvgIpc) is 2.38. The molecule has 0 aromatic heterocycles. The number of hydrogen-bond donors (Lipinski definition) is 2. The second-order valence-corrected chi connectivity index (χ2v) is 4.97. The number of carbonyl (C=O) groups excluding carboxylic acids is 1. The molecule has 106 valence electrons. The van der Waals surface area contributed by atoms with Gasteiger partial charge in [0, 0.05) is 6.42 Å². The fraction of sp³-hybridized carbons (Fsp3) is 0.500. The molecule has 0 aliphatic carbocycles. The lowest BCUT2D eigenvalue weighted by molar-refractivity contribution is -0.116. The monoisotopic (exact) mass is 286 g/mol. The highest BCUT2D eigenvalue weighted by Crippen LogP contribution is 2.23. The van der Waals surface area contributed by atoms with Crippen molar-refractivity contribution in [1.82, 2.24) is 0 Å². The Balaban J connectivity index is 2.46. The van der Waals surface area contributed by atoms with Crippen LogP contribution in [0, 0.1) is 11.7 Å². The van der Waals surface area contributed by atoms with Crippen molar-refractivity contribution >= 4 is 23.2 Å². The van der Waals surface area contributed by atoms with Gasteiger partial charge in [-0.1, -0.05) is 24.9 Å². The van der Waals surface area contributed by atoms with E-state index in [0.717, 1.165) is 19.3 Å². The van der Waals surface area contributed by atoms with Gasteiger partial charge in [0.25, 0.3) is 0 Å². The molecule has 5 heteroatoms. The van der Waals surface area contributed by atoms with Gasteiger partial charge in [-0.2, -0.15) is 0 Å². The van der Waals surface area contributed by atoms with Crippen molar-refractivity contribution in [2.75, 3.05) is 11.9 Å². The maximum atomic E-state index is 12.9. The Kier molecular flexibility index (Phi) is 6.81. The number of nitrogens with two attached hydrogens (primary N) is 1. The highest BCUT2D eigenvalue weighted by molar-refractivity contribution is 6.33. The zero-order valence-electron chi connectivity index (χ0n) is 11.1. The summed E-state index contributed by atoms with van der Waals surface area (Å²) in [6.07, 6.45) is 3.17. The molecular weight excluding hydrogens is 267 g/mol. The molecule has 3 N–H and O–H groups in total. The number of halogens is 2. The van der Waals surface area contributed by atoms with Crippen LogP contribution in [0.25, 0.3) is 0 Å². The molecule has 19 heavy (non-hydrogen) atoms. The largest absolute Gasteiger partial charge is 0.330 e. The molecule has 0 aliphatic rings. The lowest BCUT2D eigenvalue weighted by Gasteiger charge is -2.13. The van der Waals surface area contributed by atoms with E-state index < -0.39 is 5.82 Å². The van der Waals surface area contributed by atoms with E-state index in [1.807, 2.05) is 0 Å². The van der Waals surface area contributed by atoms with Gasteiger partial charge in [-0.05, 0) is 43.5 Å². The van der Waals surface area contributed by atoms with Gasteiger partial charge in [-0.15, -0.1) is 0 Å². The van der Waals surface area contributed by atoms with E-state index in [9.17, 15) is 9.18 Å². The predicted molar refractivity (Wildman–Crippen MR) is 76.7 cm³/mol. The van der Waals surface area contributed by atoms with Gasteiger partial charge in [0.1, 0.15) is 5.82 Å². The number of amides is 1. The van der Waals surface area contributed by atoms with E-state index in [2.05, 4.69) is 12.2 Å². The smallest absolute Gasteiger partial charge is 0.224 e. The molecule has 1 amide bonds. The number of benzene rings is 1. The van der Waals surface area contributed by atoms with E-state index in [1.165, 1.54) is 18.2 Å². The summed E-state index contributed by atoms with van der Waals surface area (Å²) in [7, 11) is 0. The quantitative estimate of drug-likeness (QED) is 0.805. The molecule has 1 unspecified atom stereocenters. The predicted octanol–water partition coefficient (Wildman–Crippen LogP) is 3.57. The Labute approximate surface area is 118 Å². The van der Waals surface area contributed by atoms with Gasteiger partial charge in [-0.3, -0.25) is 4.79 Å². The molecule has 0 spiro atoms. The zero-order chi connectivity index (χ0) is 14.3. The fourth-order valence-electron chi connectivity index (χ4n) is 1.93. The van der Waals surface area contributed by atoms with Crippen LogP contribution in [0.15, 0.2) is 18.2 Å². The van der Waals surface area contributed by atoms with Crippen LogP contribution < -0.4 is 11.1 Å². The van der Waals surface area contributed by atoms with Gasteiger partial charge in [0.2, 0.25) is 5.91 Å². The van der Waals surface area contributed by atoms with Crippen LogP contribution in [0.5, 0.6) is 0 Å². The van der Waals surface area contributed by atoms with Crippen molar-refractivity contribution in [1.29, 1.82) is 0 Å². The highest BCUT2D eigenvalue weighted by atomic mass is 35.5. The minimum atomic E-state index is -0.419. The third-order valence-corrected chi connectivity index (χ3v) is 3.45. The molecule has 1 rings (SSSR count). The molecule has 0 radical (unpaired) electrons. The Bertz CT molecular complexity index is 426. The van der Waals surface area contributed by atoms with E-state index >= 15 is 0 Å². The topological polar surface area (TPSA) is 55.1 Å². The van der Waals surface area contributed by atoms with Gasteiger partial charge in [0.05, 0.1) is 10.7 Å². The van der Waals surface area contributed by atoms with Crippen molar-refractivity contribution in [2.24, 2.45) is 11.7 Å². The Morgan fingerprint density at radius 3 is 2.79 bits per heavy atom. The first kappa shape index (κ1) is 15.9. The van der Waals surface area contributed by atoms with Crippen LogP contribution in [-0.4, -0.2) is 12.5 Å². The maximum Gasteiger partial charge on any atom is 0.224 e. The lowest BCUT2D eigenvalue weighted by Crippen LogP contribution is -2.15. The molecular formula is C14H20ClFN2O. The molecule has 0 saturated heterocycles. The maximum absolute atomic E-state index is 12.9. The summed E-state index contributed by atoms with van der Waals surface area (Å²) in [4.78, 5) is 11.8. The molecule has 0 fully saturated rings. The Morgan fingerprint density at radius 2 is 2.21 bits per heavy atom. The Hall–Kier alpha value is -1.13. The summed E-state index contributed by atoms with van der Waals surface area (Å²) >= 11 is 5.84. The standard InChI is InChI=1S/C14H20ClFN2O/c1-2-10(7-8-17)3-6-14(19)18-13-5-4-11(16)9-12(13)15/h4-5,9-10H,2-3,6-8,17H2,1H3,(H,18,19). The highest BCUT2D eigenvalue weighted by Gasteiger charge is 2.10. The average molecular weight is 287 g/mol. The minimum absolute atomic E-state index is 0.107. The second kappa shape index (κ2) is 8.12. The third-order valence-electron chi connectivity index (χ3n) is 3.14. The number of anilines is 1. The summed E-state index contributed by atoms with van der Waals surface area (Å²) < 4.78 is 12.9.